The normalized spacial score (nSPS) is 15.2. The lowest BCUT2D eigenvalue weighted by molar-refractivity contribution is -0.151. The van der Waals surface area contributed by atoms with Gasteiger partial charge in [-0.2, -0.15) is 0 Å². The molecule has 0 spiro atoms. The molecule has 0 saturated heterocycles. The van der Waals surface area contributed by atoms with E-state index in [1.54, 1.807) is 31.2 Å². The van der Waals surface area contributed by atoms with Crippen LogP contribution < -0.4 is 5.63 Å². The SMILES string of the molecule is Cc1cc2oc(=O)cc(COC(=O)C3Cc4ccccc4CN3C(=O)c3ccco3)c2cc1Cl. The van der Waals surface area contributed by atoms with Crippen LogP contribution in [0.2, 0.25) is 5.02 Å². The van der Waals surface area contributed by atoms with Crippen molar-refractivity contribution >= 4 is 34.4 Å². The lowest BCUT2D eigenvalue weighted by Crippen LogP contribution is -2.49. The van der Waals surface area contributed by atoms with Gasteiger partial charge in [-0.15, -0.1) is 0 Å². The second-order valence-electron chi connectivity index (χ2n) is 8.19. The summed E-state index contributed by atoms with van der Waals surface area (Å²) < 4.78 is 16.2. The first-order chi connectivity index (χ1) is 16.4. The highest BCUT2D eigenvalue weighted by Gasteiger charge is 2.37. The van der Waals surface area contributed by atoms with E-state index in [0.29, 0.717) is 28.0 Å². The number of carbonyl (C=O) groups excluding carboxylic acids is 2. The number of hydrogen-bond acceptors (Lipinski definition) is 6. The van der Waals surface area contributed by atoms with Crippen LogP contribution in [-0.4, -0.2) is 22.8 Å². The highest BCUT2D eigenvalue weighted by molar-refractivity contribution is 6.32. The Labute approximate surface area is 199 Å². The number of rotatable bonds is 4. The van der Waals surface area contributed by atoms with Gasteiger partial charge in [-0.3, -0.25) is 4.79 Å². The number of furan rings is 1. The summed E-state index contributed by atoms with van der Waals surface area (Å²) in [4.78, 5) is 39.9. The zero-order chi connectivity index (χ0) is 23.8. The van der Waals surface area contributed by atoms with Gasteiger partial charge >= 0.3 is 11.6 Å². The number of carbonyl (C=O) groups is 2. The molecule has 1 aliphatic heterocycles. The van der Waals surface area contributed by atoms with E-state index >= 15 is 0 Å². The first-order valence-electron chi connectivity index (χ1n) is 10.7. The monoisotopic (exact) mass is 477 g/mol. The maximum Gasteiger partial charge on any atom is 0.336 e. The third kappa shape index (κ3) is 4.10. The van der Waals surface area contributed by atoms with Gasteiger partial charge in [-0.05, 0) is 47.9 Å². The minimum absolute atomic E-state index is 0.147. The van der Waals surface area contributed by atoms with Crippen LogP contribution in [0.15, 0.2) is 74.5 Å². The summed E-state index contributed by atoms with van der Waals surface area (Å²) >= 11 is 6.25. The lowest BCUT2D eigenvalue weighted by Gasteiger charge is -2.34. The van der Waals surface area contributed by atoms with Crippen molar-refractivity contribution in [2.45, 2.75) is 32.5 Å². The molecule has 2 aromatic heterocycles. The van der Waals surface area contributed by atoms with Crippen LogP contribution in [0, 0.1) is 6.92 Å². The number of fused-ring (bicyclic) bond motifs is 2. The zero-order valence-electron chi connectivity index (χ0n) is 18.2. The standard InChI is InChI=1S/C26H20ClNO6/c1-15-9-23-19(12-20(15)27)18(11-24(29)34-23)14-33-26(31)21-10-16-5-2-3-6-17(16)13-28(21)25(30)22-7-4-8-32-22/h2-9,11-12,21H,10,13-14H2,1H3. The summed E-state index contributed by atoms with van der Waals surface area (Å²) in [6, 6.07) is 14.6. The van der Waals surface area contributed by atoms with Crippen molar-refractivity contribution in [3.05, 3.63) is 104 Å². The Morgan fingerprint density at radius 3 is 2.68 bits per heavy atom. The van der Waals surface area contributed by atoms with Crippen molar-refractivity contribution < 1.29 is 23.2 Å². The quantitative estimate of drug-likeness (QED) is 0.314. The van der Waals surface area contributed by atoms with E-state index in [1.807, 2.05) is 24.3 Å². The predicted octanol–water partition coefficient (Wildman–Crippen LogP) is 4.66. The molecule has 1 unspecified atom stereocenters. The third-order valence-electron chi connectivity index (χ3n) is 5.99. The van der Waals surface area contributed by atoms with Crippen molar-refractivity contribution in [3.8, 4) is 0 Å². The highest BCUT2D eigenvalue weighted by Crippen LogP contribution is 2.28. The molecule has 0 saturated carbocycles. The van der Waals surface area contributed by atoms with Gasteiger partial charge in [0.2, 0.25) is 0 Å². The molecule has 4 aromatic rings. The molecule has 0 fully saturated rings. The fraction of sp³-hybridized carbons (Fsp3) is 0.192. The summed E-state index contributed by atoms with van der Waals surface area (Å²) in [6.45, 7) is 1.89. The third-order valence-corrected chi connectivity index (χ3v) is 6.40. The zero-order valence-corrected chi connectivity index (χ0v) is 19.0. The highest BCUT2D eigenvalue weighted by atomic mass is 35.5. The molecule has 0 radical (unpaired) electrons. The van der Waals surface area contributed by atoms with Crippen LogP contribution in [0.4, 0.5) is 0 Å². The smallest absolute Gasteiger partial charge is 0.336 e. The molecule has 34 heavy (non-hydrogen) atoms. The molecule has 3 heterocycles. The number of amides is 1. The van der Waals surface area contributed by atoms with Gasteiger partial charge in [0.15, 0.2) is 5.76 Å². The molecular formula is C26H20ClNO6. The summed E-state index contributed by atoms with van der Waals surface area (Å²) in [6.07, 6.45) is 1.72. The first-order valence-corrected chi connectivity index (χ1v) is 11.1. The first kappa shape index (κ1) is 22.0. The molecule has 7 nitrogen and oxygen atoms in total. The van der Waals surface area contributed by atoms with E-state index in [9.17, 15) is 14.4 Å². The van der Waals surface area contributed by atoms with Crippen molar-refractivity contribution in [1.82, 2.24) is 4.90 Å². The Morgan fingerprint density at radius 1 is 1.12 bits per heavy atom. The molecule has 1 amide bonds. The number of hydrogen-bond donors (Lipinski definition) is 0. The lowest BCUT2D eigenvalue weighted by atomic mass is 9.93. The minimum atomic E-state index is -0.843. The van der Waals surface area contributed by atoms with Gasteiger partial charge in [0, 0.05) is 35.0 Å². The van der Waals surface area contributed by atoms with Gasteiger partial charge in [0.25, 0.3) is 5.91 Å². The second kappa shape index (κ2) is 8.83. The largest absolute Gasteiger partial charge is 0.459 e. The molecule has 0 aliphatic carbocycles. The average molecular weight is 478 g/mol. The number of benzene rings is 2. The summed E-state index contributed by atoms with van der Waals surface area (Å²) in [5.74, 6) is -0.822. The van der Waals surface area contributed by atoms with Crippen molar-refractivity contribution in [3.63, 3.8) is 0 Å². The van der Waals surface area contributed by atoms with Crippen LogP contribution >= 0.6 is 11.6 Å². The number of aryl methyl sites for hydroxylation is 1. The summed E-state index contributed by atoms with van der Waals surface area (Å²) in [5, 5.41) is 1.09. The van der Waals surface area contributed by atoms with E-state index in [1.165, 1.54) is 17.2 Å². The van der Waals surface area contributed by atoms with Gasteiger partial charge in [-0.1, -0.05) is 35.9 Å². The van der Waals surface area contributed by atoms with Crippen LogP contribution in [0.3, 0.4) is 0 Å². The van der Waals surface area contributed by atoms with E-state index in [2.05, 4.69) is 0 Å². The van der Waals surface area contributed by atoms with Crippen LogP contribution in [0.1, 0.15) is 32.8 Å². The molecule has 5 rings (SSSR count). The molecule has 0 bridgehead atoms. The number of esters is 1. The number of halogens is 1. The molecular weight excluding hydrogens is 458 g/mol. The molecule has 1 aliphatic rings. The van der Waals surface area contributed by atoms with E-state index in [-0.39, 0.29) is 18.9 Å². The summed E-state index contributed by atoms with van der Waals surface area (Å²) in [7, 11) is 0. The molecule has 1 atom stereocenters. The van der Waals surface area contributed by atoms with Crippen LogP contribution in [0.25, 0.3) is 11.0 Å². The van der Waals surface area contributed by atoms with Gasteiger partial charge < -0.3 is 18.5 Å². The van der Waals surface area contributed by atoms with Gasteiger partial charge in [0.05, 0.1) is 6.26 Å². The molecule has 172 valence electrons. The Morgan fingerprint density at radius 2 is 1.91 bits per heavy atom. The van der Waals surface area contributed by atoms with Crippen molar-refractivity contribution in [2.24, 2.45) is 0 Å². The van der Waals surface area contributed by atoms with E-state index < -0.39 is 23.5 Å². The Bertz CT molecular complexity index is 1460. The van der Waals surface area contributed by atoms with Crippen molar-refractivity contribution in [1.29, 1.82) is 0 Å². The summed E-state index contributed by atoms with van der Waals surface area (Å²) in [5.41, 5.74) is 2.98. The number of ether oxygens (including phenoxy) is 1. The van der Waals surface area contributed by atoms with Crippen LogP contribution in [-0.2, 0) is 29.1 Å². The van der Waals surface area contributed by atoms with Crippen molar-refractivity contribution in [2.75, 3.05) is 0 Å². The Hall–Kier alpha value is -3.84. The molecule has 0 N–H and O–H groups in total. The fourth-order valence-corrected chi connectivity index (χ4v) is 4.37. The maximum absolute atomic E-state index is 13.2. The van der Waals surface area contributed by atoms with Gasteiger partial charge in [-0.25, -0.2) is 9.59 Å². The molecule has 8 heteroatoms. The topological polar surface area (TPSA) is 90.0 Å². The Kier molecular flexibility index (Phi) is 5.71. The van der Waals surface area contributed by atoms with E-state index in [4.69, 9.17) is 25.2 Å². The van der Waals surface area contributed by atoms with E-state index in [0.717, 1.165) is 16.7 Å². The minimum Gasteiger partial charge on any atom is -0.459 e. The van der Waals surface area contributed by atoms with Crippen LogP contribution in [0.5, 0.6) is 0 Å². The van der Waals surface area contributed by atoms with Gasteiger partial charge in [0.1, 0.15) is 18.2 Å². The average Bonchev–Trinajstić information content (AvgIpc) is 3.37. The number of nitrogens with zero attached hydrogens (tertiary/aromatic N) is 1. The second-order valence-corrected chi connectivity index (χ2v) is 8.60. The predicted molar refractivity (Wildman–Crippen MR) is 125 cm³/mol. The maximum atomic E-state index is 13.2. The fourth-order valence-electron chi connectivity index (χ4n) is 4.20. The molecule has 2 aromatic carbocycles. The Balaban J connectivity index is 1.43.